The van der Waals surface area contributed by atoms with Crippen molar-refractivity contribution in [3.8, 4) is 11.5 Å². The summed E-state index contributed by atoms with van der Waals surface area (Å²) in [6.45, 7) is 14.6. The zero-order valence-corrected chi connectivity index (χ0v) is 32.2. The van der Waals surface area contributed by atoms with E-state index < -0.39 is 18.3 Å². The number of hydrogen-bond acceptors (Lipinski definition) is 6. The summed E-state index contributed by atoms with van der Waals surface area (Å²) in [5.41, 5.74) is 4.40. The fourth-order valence-electron chi connectivity index (χ4n) is 5.52. The summed E-state index contributed by atoms with van der Waals surface area (Å²) in [5, 5.41) is 0.0358. The van der Waals surface area contributed by atoms with Crippen LogP contribution in [0.2, 0.25) is 18.1 Å². The van der Waals surface area contributed by atoms with Gasteiger partial charge in [0.15, 0.2) is 8.32 Å². The molecule has 9 heteroatoms. The van der Waals surface area contributed by atoms with Gasteiger partial charge in [-0.2, -0.15) is 0 Å². The standard InChI is InChI=1S/C40H54N2O5SSi/c1-31-14-24-39(25-15-31)48(43,44)41-28-35(26-32-16-20-37(45-5)21-17-32)42(29-34-12-10-9-11-13-34)36(30-47-49(7,8)40(2,3)4)27-33-18-22-38(46-6)23-19-33/h9-25,35-36,41H,26-30H2,1-8H3/t35-,36+/m1/s1. The molecule has 0 aromatic heterocycles. The Hall–Kier alpha value is -3.47. The second-order valence-corrected chi connectivity index (χ2v) is 20.9. The van der Waals surface area contributed by atoms with Crippen molar-refractivity contribution in [1.29, 1.82) is 0 Å². The van der Waals surface area contributed by atoms with E-state index in [4.69, 9.17) is 13.9 Å². The largest absolute Gasteiger partial charge is 0.497 e. The molecular weight excluding hydrogens is 649 g/mol. The van der Waals surface area contributed by atoms with Crippen LogP contribution in [0.1, 0.15) is 43.0 Å². The SMILES string of the molecule is COc1ccc(C[C@@H](CO[Si](C)(C)C(C)(C)C)N(Cc2ccccc2)[C@@H](CNS(=O)(=O)c2ccc(C)cc2)Cc2ccc(OC)cc2)cc1. The molecule has 4 aromatic rings. The van der Waals surface area contributed by atoms with Gasteiger partial charge in [-0.05, 0) is 91.0 Å². The van der Waals surface area contributed by atoms with Crippen LogP contribution in [0.4, 0.5) is 0 Å². The molecule has 0 unspecified atom stereocenters. The van der Waals surface area contributed by atoms with Crippen LogP contribution in [0, 0.1) is 6.92 Å². The smallest absolute Gasteiger partial charge is 0.240 e. The highest BCUT2D eigenvalue weighted by Crippen LogP contribution is 2.37. The number of methoxy groups -OCH3 is 2. The number of rotatable bonds is 17. The van der Waals surface area contributed by atoms with Crippen molar-refractivity contribution < 1.29 is 22.3 Å². The van der Waals surface area contributed by atoms with Gasteiger partial charge < -0.3 is 13.9 Å². The van der Waals surface area contributed by atoms with E-state index in [0.29, 0.717) is 19.6 Å². The third kappa shape index (κ3) is 11.0. The van der Waals surface area contributed by atoms with Gasteiger partial charge in [0.25, 0.3) is 0 Å². The zero-order chi connectivity index (χ0) is 35.7. The second-order valence-electron chi connectivity index (χ2n) is 14.3. The number of aryl methyl sites for hydroxylation is 1. The summed E-state index contributed by atoms with van der Waals surface area (Å²) < 4.78 is 48.2. The molecule has 0 saturated carbocycles. The number of benzene rings is 4. The van der Waals surface area contributed by atoms with Gasteiger partial charge in [-0.25, -0.2) is 13.1 Å². The maximum atomic E-state index is 13.7. The van der Waals surface area contributed by atoms with Crippen LogP contribution >= 0.6 is 0 Å². The normalized spacial score (nSPS) is 13.7. The lowest BCUT2D eigenvalue weighted by Gasteiger charge is -2.42. The lowest BCUT2D eigenvalue weighted by Crippen LogP contribution is -2.53. The molecule has 0 radical (unpaired) electrons. The van der Waals surface area contributed by atoms with E-state index in [0.717, 1.165) is 40.2 Å². The van der Waals surface area contributed by atoms with Crippen molar-refractivity contribution in [2.75, 3.05) is 27.4 Å². The van der Waals surface area contributed by atoms with Crippen molar-refractivity contribution in [2.45, 2.75) is 82.2 Å². The third-order valence-electron chi connectivity index (χ3n) is 9.69. The molecule has 0 aliphatic carbocycles. The molecule has 7 nitrogen and oxygen atoms in total. The van der Waals surface area contributed by atoms with Gasteiger partial charge in [0, 0.05) is 31.8 Å². The molecule has 0 aliphatic heterocycles. The summed E-state index contributed by atoms with van der Waals surface area (Å²) in [6.07, 6.45) is 1.34. The molecule has 0 heterocycles. The maximum absolute atomic E-state index is 13.7. The predicted molar refractivity (Wildman–Crippen MR) is 202 cm³/mol. The Labute approximate surface area is 295 Å². The Balaban J connectivity index is 1.79. The summed E-state index contributed by atoms with van der Waals surface area (Å²) in [6, 6.07) is 33.3. The average molecular weight is 703 g/mol. The summed E-state index contributed by atoms with van der Waals surface area (Å²) in [5.74, 6) is 1.59. The number of nitrogens with one attached hydrogen (secondary N) is 1. The van der Waals surface area contributed by atoms with Crippen molar-refractivity contribution in [1.82, 2.24) is 9.62 Å². The molecule has 4 rings (SSSR count). The quantitative estimate of drug-likeness (QED) is 0.112. The van der Waals surface area contributed by atoms with Crippen molar-refractivity contribution in [2.24, 2.45) is 0 Å². The van der Waals surface area contributed by atoms with Gasteiger partial charge in [-0.1, -0.05) is 93.1 Å². The minimum Gasteiger partial charge on any atom is -0.497 e. The Bertz CT molecular complexity index is 1690. The number of ether oxygens (including phenoxy) is 2. The first-order valence-corrected chi connectivity index (χ1v) is 21.4. The van der Waals surface area contributed by atoms with Crippen molar-refractivity contribution in [3.05, 3.63) is 125 Å². The van der Waals surface area contributed by atoms with Gasteiger partial charge in [0.05, 0.1) is 19.1 Å². The van der Waals surface area contributed by atoms with Crippen molar-refractivity contribution >= 4 is 18.3 Å². The number of nitrogens with zero attached hydrogens (tertiary/aromatic N) is 1. The topological polar surface area (TPSA) is 77.1 Å². The van der Waals surface area contributed by atoms with Crippen LogP contribution in [0.5, 0.6) is 11.5 Å². The van der Waals surface area contributed by atoms with Crippen LogP contribution in [0.15, 0.2) is 108 Å². The Morgan fingerprint density at radius 2 is 1.22 bits per heavy atom. The Morgan fingerprint density at radius 3 is 1.71 bits per heavy atom. The lowest BCUT2D eigenvalue weighted by atomic mass is 9.98. The molecule has 2 atom stereocenters. The Kier molecular flexibility index (Phi) is 13.3. The van der Waals surface area contributed by atoms with Crippen LogP contribution < -0.4 is 14.2 Å². The van der Waals surface area contributed by atoms with E-state index in [1.807, 2.05) is 49.4 Å². The molecule has 0 saturated heterocycles. The minimum absolute atomic E-state index is 0.0358. The lowest BCUT2D eigenvalue weighted by molar-refractivity contribution is 0.0792. The van der Waals surface area contributed by atoms with Crippen LogP contribution in [0.3, 0.4) is 0 Å². The Morgan fingerprint density at radius 1 is 0.714 bits per heavy atom. The van der Waals surface area contributed by atoms with Gasteiger partial charge in [-0.15, -0.1) is 0 Å². The molecule has 0 amide bonds. The van der Waals surface area contributed by atoms with Crippen LogP contribution in [-0.2, 0) is 33.8 Å². The highest BCUT2D eigenvalue weighted by molar-refractivity contribution is 7.89. The summed E-state index contributed by atoms with van der Waals surface area (Å²) in [4.78, 5) is 2.71. The van der Waals surface area contributed by atoms with E-state index >= 15 is 0 Å². The van der Waals surface area contributed by atoms with Gasteiger partial charge >= 0.3 is 0 Å². The highest BCUT2D eigenvalue weighted by Gasteiger charge is 2.39. The molecule has 0 spiro atoms. The van der Waals surface area contributed by atoms with Crippen LogP contribution in [0.25, 0.3) is 0 Å². The zero-order valence-electron chi connectivity index (χ0n) is 30.4. The first-order chi connectivity index (χ1) is 23.2. The van der Waals surface area contributed by atoms with E-state index in [9.17, 15) is 8.42 Å². The fourth-order valence-corrected chi connectivity index (χ4v) is 7.64. The highest BCUT2D eigenvalue weighted by atomic mass is 32.2. The molecule has 0 fully saturated rings. The maximum Gasteiger partial charge on any atom is 0.240 e. The minimum atomic E-state index is -3.76. The third-order valence-corrected chi connectivity index (χ3v) is 15.6. The molecule has 4 aromatic carbocycles. The van der Waals surface area contributed by atoms with Gasteiger partial charge in [0.1, 0.15) is 11.5 Å². The molecule has 0 bridgehead atoms. The molecule has 0 aliphatic rings. The fraction of sp³-hybridized carbons (Fsp3) is 0.400. The second kappa shape index (κ2) is 17.0. The predicted octanol–water partition coefficient (Wildman–Crippen LogP) is 8.04. The van der Waals surface area contributed by atoms with Gasteiger partial charge in [0.2, 0.25) is 10.0 Å². The number of sulfonamides is 1. The monoisotopic (exact) mass is 702 g/mol. The average Bonchev–Trinajstić information content (AvgIpc) is 3.08. The molecule has 1 N–H and O–H groups in total. The van der Waals surface area contributed by atoms with E-state index in [1.54, 1.807) is 26.4 Å². The molecule has 49 heavy (non-hydrogen) atoms. The summed E-state index contributed by atoms with van der Waals surface area (Å²) in [7, 11) is -2.56. The summed E-state index contributed by atoms with van der Waals surface area (Å²) >= 11 is 0. The van der Waals surface area contributed by atoms with Crippen LogP contribution in [-0.4, -0.2) is 61.1 Å². The van der Waals surface area contributed by atoms with E-state index in [1.165, 1.54) is 0 Å². The van der Waals surface area contributed by atoms with Crippen molar-refractivity contribution in [3.63, 3.8) is 0 Å². The number of hydrogen-bond donors (Lipinski definition) is 1. The molecular formula is C40H54N2O5SSi. The first-order valence-electron chi connectivity index (χ1n) is 17.0. The van der Waals surface area contributed by atoms with E-state index in [-0.39, 0.29) is 28.6 Å². The first kappa shape index (κ1) is 38.3. The van der Waals surface area contributed by atoms with Gasteiger partial charge in [-0.3, -0.25) is 4.90 Å². The van der Waals surface area contributed by atoms with E-state index in [2.05, 4.69) is 92.0 Å². The molecule has 264 valence electrons.